The standard InChI is InChI=1S/C33H39FN6O.C31H35FN6O/c34-28-29(25-5-1-4-21-8-11-24(27(21)25)20-6-7-20)35-16-26-30(28)37-32(41-19-33-12-2-14-40(33)15-3-13-33)38-31(26)39-17-22-9-10-23(18-39)36-22;32-26-27(22-5-1-4-21-23-12-18(23)13-24(21)22)33-14-25-28(26)35-30(39-17-31-8-2-10-38(31)11-3-9-31)36-29(25)37-15-19-6-7-20(16-37)34-19/h1,4-5,16,20,22-24,36H,2-3,6-15,17-19H2;1,4-5,14,18-20,23,34H,2-3,6-13,15-17H2. The predicted molar refractivity (Wildman–Crippen MR) is 305 cm³/mol. The Morgan fingerprint density at radius 3 is 1.61 bits per heavy atom. The first kappa shape index (κ1) is 49.0. The summed E-state index contributed by atoms with van der Waals surface area (Å²) in [4.78, 5) is 38.8. The number of aromatic nitrogens is 6. The van der Waals surface area contributed by atoms with Crippen molar-refractivity contribution >= 4 is 33.4 Å². The number of nitrogens with one attached hydrogen (secondary N) is 2. The van der Waals surface area contributed by atoms with E-state index < -0.39 is 0 Å². The number of piperazine rings is 2. The minimum atomic E-state index is -0.352. The number of hydrogen-bond donors (Lipinski definition) is 2. The zero-order chi connectivity index (χ0) is 52.8. The third kappa shape index (κ3) is 8.16. The number of halogens is 2. The van der Waals surface area contributed by atoms with Crippen molar-refractivity contribution in [3.05, 3.63) is 82.7 Å². The number of benzene rings is 2. The number of rotatable bonds is 11. The molecule has 416 valence electrons. The van der Waals surface area contributed by atoms with Crippen LogP contribution in [0.3, 0.4) is 0 Å². The van der Waals surface area contributed by atoms with E-state index in [2.05, 4.69) is 60.6 Å². The molecule has 14 nitrogen and oxygen atoms in total. The molecule has 0 radical (unpaired) electrons. The monoisotopic (exact) mass is 1080 g/mol. The minimum absolute atomic E-state index is 0.0804. The van der Waals surface area contributed by atoms with Crippen LogP contribution in [-0.4, -0.2) is 141 Å². The van der Waals surface area contributed by atoms with Gasteiger partial charge in [0.25, 0.3) is 0 Å². The summed E-state index contributed by atoms with van der Waals surface area (Å²) in [6.45, 7) is 9.15. The Hall–Kier alpha value is -5.68. The summed E-state index contributed by atoms with van der Waals surface area (Å²) in [6, 6.07) is 15.0. The van der Waals surface area contributed by atoms with Gasteiger partial charge >= 0.3 is 12.0 Å². The summed E-state index contributed by atoms with van der Waals surface area (Å²) in [6.07, 6.45) is 24.9. The number of ether oxygens (including phenoxy) is 2. The van der Waals surface area contributed by atoms with Crippen LogP contribution in [0.15, 0.2) is 48.8 Å². The highest BCUT2D eigenvalue weighted by atomic mass is 19.1. The summed E-state index contributed by atoms with van der Waals surface area (Å²) < 4.78 is 46.1. The van der Waals surface area contributed by atoms with Crippen molar-refractivity contribution in [2.45, 2.75) is 163 Å². The molecule has 8 saturated heterocycles. The Morgan fingerprint density at radius 2 is 1.07 bits per heavy atom. The zero-order valence-electron chi connectivity index (χ0n) is 46.1. The van der Waals surface area contributed by atoms with Gasteiger partial charge in [-0.15, -0.1) is 0 Å². The van der Waals surface area contributed by atoms with E-state index in [1.54, 1.807) is 6.20 Å². The molecule has 8 aliphatic heterocycles. The SMILES string of the molecule is Fc1c(-c2cccc3c2C(C2CC2)CC3)ncc2c(N3CC4CCC(C3)N4)nc(OCC34CCCN3CCC4)nc12.Fc1c(-c2cccc3c2CC2CC32)ncc2c(N3CC4CCC(C3)N4)nc(OCC34CCCN3CCC4)nc12. The molecule has 2 aromatic carbocycles. The average molecular weight is 1080 g/mol. The summed E-state index contributed by atoms with van der Waals surface area (Å²) in [7, 11) is 0. The fourth-order valence-corrected chi connectivity index (χ4v) is 17.7. The highest BCUT2D eigenvalue weighted by Gasteiger charge is 2.48. The van der Waals surface area contributed by atoms with Crippen LogP contribution < -0.4 is 29.9 Å². The number of pyridine rings is 2. The van der Waals surface area contributed by atoms with Crippen LogP contribution in [0.25, 0.3) is 44.3 Å². The van der Waals surface area contributed by atoms with Crippen LogP contribution in [0.1, 0.15) is 137 Å². The van der Waals surface area contributed by atoms with Gasteiger partial charge in [-0.2, -0.15) is 19.9 Å². The van der Waals surface area contributed by atoms with Crippen molar-refractivity contribution in [1.29, 1.82) is 0 Å². The van der Waals surface area contributed by atoms with Crippen LogP contribution in [0, 0.1) is 23.5 Å². The average Bonchev–Trinajstić information content (AvgIpc) is 3.96. The predicted octanol–water partition coefficient (Wildman–Crippen LogP) is 9.66. The number of nitrogens with zero attached hydrogens (tertiary/aromatic N) is 10. The maximum Gasteiger partial charge on any atom is 0.319 e. The molecule has 0 amide bonds. The van der Waals surface area contributed by atoms with Crippen molar-refractivity contribution in [2.75, 3.05) is 75.4 Å². The molecule has 0 spiro atoms. The lowest BCUT2D eigenvalue weighted by molar-refractivity contribution is 0.108. The number of anilines is 2. The maximum atomic E-state index is 16.8. The molecular weight excluding hydrogens is 1010 g/mol. The molecular formula is C64H74F2N12O2. The van der Waals surface area contributed by atoms with Gasteiger partial charge in [-0.05, 0) is 188 Å². The van der Waals surface area contributed by atoms with Gasteiger partial charge in [0.05, 0.1) is 21.9 Å². The van der Waals surface area contributed by atoms with Crippen molar-refractivity contribution in [3.63, 3.8) is 0 Å². The Labute approximate surface area is 467 Å². The molecule has 2 N–H and O–H groups in total. The van der Waals surface area contributed by atoms with Gasteiger partial charge in [-0.3, -0.25) is 19.8 Å². The maximum absolute atomic E-state index is 16.8. The largest absolute Gasteiger partial charge is 0.461 e. The normalized spacial score (nSPS) is 29.2. The molecule has 4 aromatic heterocycles. The molecule has 7 atom stereocenters. The van der Waals surface area contributed by atoms with Crippen LogP contribution >= 0.6 is 0 Å². The van der Waals surface area contributed by atoms with Gasteiger partial charge in [0.1, 0.15) is 47.3 Å². The molecule has 10 fully saturated rings. The first-order chi connectivity index (χ1) is 39.3. The topological polar surface area (TPSA) is 133 Å². The third-order valence-corrected chi connectivity index (χ3v) is 21.9. The fraction of sp³-hybridized carbons (Fsp3) is 0.594. The van der Waals surface area contributed by atoms with Crippen molar-refractivity contribution in [3.8, 4) is 34.5 Å². The van der Waals surface area contributed by atoms with Gasteiger partial charge in [0, 0.05) is 73.9 Å². The lowest BCUT2D eigenvalue weighted by Gasteiger charge is -2.34. The van der Waals surface area contributed by atoms with E-state index in [9.17, 15) is 0 Å². The molecule has 16 heteroatoms. The van der Waals surface area contributed by atoms with Gasteiger partial charge in [0.2, 0.25) is 0 Å². The molecule has 6 aromatic rings. The molecule has 80 heavy (non-hydrogen) atoms. The smallest absolute Gasteiger partial charge is 0.319 e. The van der Waals surface area contributed by atoms with Crippen molar-refractivity contribution < 1.29 is 18.3 Å². The molecule has 12 aliphatic rings. The Balaban J connectivity index is 0.000000128. The van der Waals surface area contributed by atoms with E-state index in [4.69, 9.17) is 39.4 Å². The highest BCUT2D eigenvalue weighted by Crippen LogP contribution is 2.58. The Bertz CT molecular complexity index is 3420. The fourth-order valence-electron chi connectivity index (χ4n) is 17.7. The number of hydrogen-bond acceptors (Lipinski definition) is 14. The third-order valence-electron chi connectivity index (χ3n) is 21.9. The Kier molecular flexibility index (Phi) is 11.6. The Morgan fingerprint density at radius 1 is 0.562 bits per heavy atom. The summed E-state index contributed by atoms with van der Waals surface area (Å²) in [5.41, 5.74) is 8.90. The van der Waals surface area contributed by atoms with E-state index in [0.29, 0.717) is 94.4 Å². The summed E-state index contributed by atoms with van der Waals surface area (Å²) in [5, 5.41) is 8.78. The summed E-state index contributed by atoms with van der Waals surface area (Å²) >= 11 is 0. The van der Waals surface area contributed by atoms with Crippen molar-refractivity contribution in [1.82, 2.24) is 50.3 Å². The van der Waals surface area contributed by atoms with Crippen molar-refractivity contribution in [2.24, 2.45) is 11.8 Å². The van der Waals surface area contributed by atoms with Crippen LogP contribution in [0.4, 0.5) is 20.4 Å². The quantitative estimate of drug-likeness (QED) is 0.128. The molecule has 2 saturated carbocycles. The highest BCUT2D eigenvalue weighted by molar-refractivity contribution is 5.93. The van der Waals surface area contributed by atoms with Crippen LogP contribution in [0.2, 0.25) is 0 Å². The van der Waals surface area contributed by atoms with E-state index in [0.717, 1.165) is 125 Å². The van der Waals surface area contributed by atoms with E-state index in [1.807, 2.05) is 12.3 Å². The molecule has 7 unspecified atom stereocenters. The van der Waals surface area contributed by atoms with Crippen LogP contribution in [-0.2, 0) is 12.8 Å². The second-order valence-electron chi connectivity index (χ2n) is 26.6. The van der Waals surface area contributed by atoms with Gasteiger partial charge in [-0.25, -0.2) is 8.78 Å². The van der Waals surface area contributed by atoms with E-state index in [1.165, 1.54) is 99.3 Å². The van der Waals surface area contributed by atoms with Gasteiger partial charge in [-0.1, -0.05) is 36.4 Å². The number of aryl methyl sites for hydroxylation is 1. The van der Waals surface area contributed by atoms with E-state index >= 15 is 8.78 Å². The van der Waals surface area contributed by atoms with Crippen LogP contribution in [0.5, 0.6) is 12.0 Å². The molecule has 18 rings (SSSR count). The first-order valence-electron chi connectivity index (χ1n) is 31.0. The lowest BCUT2D eigenvalue weighted by Crippen LogP contribution is -2.51. The molecule has 4 bridgehead atoms. The van der Waals surface area contributed by atoms with Gasteiger partial charge in [0.15, 0.2) is 11.6 Å². The van der Waals surface area contributed by atoms with E-state index in [-0.39, 0.29) is 22.7 Å². The molecule has 12 heterocycles. The minimum Gasteiger partial charge on any atom is -0.461 e. The first-order valence-corrected chi connectivity index (χ1v) is 31.0. The second-order valence-corrected chi connectivity index (χ2v) is 26.6. The van der Waals surface area contributed by atoms with Gasteiger partial charge < -0.3 is 29.9 Å². The number of fused-ring (bicyclic) bond motifs is 12. The lowest BCUT2D eigenvalue weighted by atomic mass is 9.90. The summed E-state index contributed by atoms with van der Waals surface area (Å²) in [5.74, 6) is 3.48. The zero-order valence-corrected chi connectivity index (χ0v) is 46.1. The second kappa shape index (κ2) is 18.9. The molecule has 4 aliphatic carbocycles.